The second-order valence-electron chi connectivity index (χ2n) is 35.0. The summed E-state index contributed by atoms with van der Waals surface area (Å²) in [6, 6.07) is 20.6. The third-order valence-corrected chi connectivity index (χ3v) is 32.7. The molecule has 6 aromatic heterocycles. The number of carbonyl (C=O) groups is 3. The van der Waals surface area contributed by atoms with E-state index in [9.17, 15) is 14.4 Å². The van der Waals surface area contributed by atoms with Crippen molar-refractivity contribution < 1.29 is 33.7 Å². The third-order valence-electron chi connectivity index (χ3n) is 27.7. The molecular weight excluding hydrogens is 1760 g/mol. The molecule has 3 atom stereocenters. The van der Waals surface area contributed by atoms with Gasteiger partial charge in [-0.1, -0.05) is 119 Å². The van der Waals surface area contributed by atoms with Gasteiger partial charge in [-0.3, -0.25) is 24.2 Å². The Morgan fingerprint density at radius 2 is 0.848 bits per heavy atom. The zero-order valence-electron chi connectivity index (χ0n) is 72.7. The second kappa shape index (κ2) is 43.6. The lowest BCUT2D eigenvalue weighted by Gasteiger charge is -2.46. The molecule has 7 fully saturated rings. The first-order valence-corrected chi connectivity index (χ1v) is 52.4. The van der Waals surface area contributed by atoms with Crippen LogP contribution in [-0.2, 0) is 122 Å². The number of aliphatic imine (C=N–C) groups is 2. The van der Waals surface area contributed by atoms with E-state index in [1.54, 1.807) is 87.2 Å². The molecule has 6 spiro atoms. The zero-order valence-corrected chi connectivity index (χ0v) is 80.7. The van der Waals surface area contributed by atoms with Crippen LogP contribution in [0.3, 0.4) is 0 Å². The van der Waals surface area contributed by atoms with Gasteiger partial charge in [0.25, 0.3) is 17.7 Å². The van der Waals surface area contributed by atoms with Crippen molar-refractivity contribution in [2.45, 2.75) is 260 Å². The van der Waals surface area contributed by atoms with E-state index >= 15 is 0 Å². The van der Waals surface area contributed by atoms with Gasteiger partial charge in [0.1, 0.15) is 0 Å². The highest BCUT2D eigenvalue weighted by Crippen LogP contribution is 2.65. The number of nitrogens with one attached hydrogen (secondary N) is 2. The molecule has 0 radical (unpaired) electrons. The fraction of sp³-hybridized carbons (Fsp3) is 0.553. The molecule has 0 bridgehead atoms. The number of hydrogen-bond donors (Lipinski definition) is 5. The van der Waals surface area contributed by atoms with Crippen molar-refractivity contribution in [3.63, 3.8) is 0 Å². The number of aryl methyl sites for hydroxylation is 5. The number of amides is 3. The van der Waals surface area contributed by atoms with Crippen LogP contribution in [0.2, 0.25) is 0 Å². The number of aliphatic hydroxyl groups excluding tert-OH is 1. The molecule has 125 heavy (non-hydrogen) atoms. The number of alkyl halides is 2. The minimum absolute atomic E-state index is 0.0296. The molecule has 3 amide bonds. The Bertz CT molecular complexity index is 4950. The first kappa shape index (κ1) is 94.7. The fourth-order valence-corrected chi connectivity index (χ4v) is 25.2. The summed E-state index contributed by atoms with van der Waals surface area (Å²) in [6.45, 7) is 5.11. The molecule has 31 heteroatoms. The van der Waals surface area contributed by atoms with Gasteiger partial charge in [0, 0.05) is 75.6 Å². The number of amidine groups is 1. The van der Waals surface area contributed by atoms with Crippen molar-refractivity contribution in [2.75, 3.05) is 33.7 Å². The van der Waals surface area contributed by atoms with E-state index in [-0.39, 0.29) is 58.1 Å². The van der Waals surface area contributed by atoms with Crippen LogP contribution in [0.25, 0.3) is 0 Å². The van der Waals surface area contributed by atoms with Crippen LogP contribution in [0.15, 0.2) is 130 Å². The predicted octanol–water partition coefficient (Wildman–Crippen LogP) is 19.2. The number of thiocarbonyl (C=S) groups is 1. The number of thioether (sulfide) groups is 1. The topological polar surface area (TPSA) is 284 Å². The number of thiazole rings is 6. The molecular formula is C94H120Cl2N14O7S8. The molecule has 3 unspecified atom stereocenters. The summed E-state index contributed by atoms with van der Waals surface area (Å²) in [7, 11) is 6.90. The van der Waals surface area contributed by atoms with Gasteiger partial charge >= 0.3 is 0 Å². The fourth-order valence-electron chi connectivity index (χ4n) is 20.4. The highest BCUT2D eigenvalue weighted by molar-refractivity contribution is 8.13. The number of carbonyl (C=O) groups excluding carboxylic acids is 3. The van der Waals surface area contributed by atoms with Gasteiger partial charge < -0.3 is 41.4 Å². The van der Waals surface area contributed by atoms with Gasteiger partial charge in [-0.25, -0.2) is 39.9 Å². The molecule has 670 valence electrons. The largest absolute Gasteiger partial charge is 0.390 e. The quantitative estimate of drug-likeness (QED) is 0.0330. The Balaban J connectivity index is 0.000000134. The number of benzene rings is 3. The molecule has 12 aliphatic rings. The number of rotatable bonds is 21. The molecule has 1 saturated heterocycles. The lowest BCUT2D eigenvalue weighted by atomic mass is 9.61. The summed E-state index contributed by atoms with van der Waals surface area (Å²) in [6.07, 6.45) is 32.5. The number of ether oxygens (including phenoxy) is 3. The van der Waals surface area contributed by atoms with Crippen molar-refractivity contribution in [1.29, 1.82) is 0 Å². The summed E-state index contributed by atoms with van der Waals surface area (Å²) in [4.78, 5) is 82.1. The first-order chi connectivity index (χ1) is 60.9. The molecule has 6 saturated carbocycles. The van der Waals surface area contributed by atoms with Crippen LogP contribution in [0.5, 0.6) is 0 Å². The number of nitrogens with zero attached hydrogens (tertiary/aromatic N) is 10. The highest BCUT2D eigenvalue weighted by atomic mass is 35.5. The van der Waals surface area contributed by atoms with E-state index in [0.717, 1.165) is 185 Å². The van der Waals surface area contributed by atoms with Gasteiger partial charge in [-0.2, -0.15) is 0 Å². The summed E-state index contributed by atoms with van der Waals surface area (Å²) in [5, 5.41) is 28.3. The maximum Gasteiger partial charge on any atom is 0.262 e. The standard InChI is InChI=1S/C30H34N4O2S3.C26H32N4O2S.C22H28N2O2S.2C5H7NS.C4H5NOS.CH2Cl2.CH5N/c1-36-25-8-10-29(11-9-25)13-22-7-6-21(5-4-20-2-3-20)12-26(22)30(29)27(35)34(14-23-15-37-18-31-23)28(33-30)39-17-24-16-38-19-32-24;1-32-21-8-10-25(11-9-21)13-19-7-6-18(5-4-17-2-3-17)12-22(19)26(25)23(31)30(24(27)29-26)14-20-15-33-16-28-20;1-26-17-8-10-21(11-9-17)13-16-7-6-15(5-4-14-2-3-14)12-18(16)22(21)19(25)23-20(27)24-22;2*1-2-5-3-7-4-6-5;6-1-4-2-7-3-5-4;2-1-3;1-2/h6-7,12,15-16,18-20,25H,2-5,8-11,13-14,17H2,1H3;6-7,12,15-17,21H,2-5,8-11,13-14H2,1H3,(H2,27,29);6-7,12,14,17H,2-5,8-11,13H2,1H3,(H2,23,24,25,27);2*3-4H,2H2,1H3;2-3,6H,1H2;1H2;2H2,1H3. The average Bonchev–Trinajstić information content (AvgIpc) is 1.53. The normalized spacial score (nSPS) is 26.2. The Morgan fingerprint density at radius 1 is 0.496 bits per heavy atom. The van der Waals surface area contributed by atoms with Gasteiger partial charge in [-0.15, -0.1) is 91.2 Å². The van der Waals surface area contributed by atoms with Crippen LogP contribution < -0.4 is 22.1 Å². The summed E-state index contributed by atoms with van der Waals surface area (Å²) in [5.74, 6) is 3.93. The maximum atomic E-state index is 14.9. The van der Waals surface area contributed by atoms with E-state index in [4.69, 9.17) is 70.5 Å². The lowest BCUT2D eigenvalue weighted by molar-refractivity contribution is -0.139. The SMILES string of the molecule is CCc1cscn1.CCc1cscn1.CN.COC1CCC2(CC1)Cc1ccc(CCC3CC3)cc1C21N=C(N)N(Cc2cscn2)C1=O.COC1CCC2(CC1)Cc1ccc(CCC3CC3)cc1C21N=C(SCc2cscn2)N(Cc2cscn2)C1=O.COC1CCC2(CC1)Cc1ccc(CCC3CC3)cc1C21NC(=S)NC1=O.ClCCl.OCc1cscn1. The van der Waals surface area contributed by atoms with Crippen molar-refractivity contribution >= 4 is 149 Å². The molecule has 9 aromatic rings. The summed E-state index contributed by atoms with van der Waals surface area (Å²) in [5.41, 5.74) is 36.1. The van der Waals surface area contributed by atoms with E-state index < -0.39 is 16.6 Å². The molecule has 7 N–H and O–H groups in total. The first-order valence-electron chi connectivity index (χ1n) is 44.3. The number of hydrogen-bond acceptors (Lipinski definition) is 25. The Kier molecular flexibility index (Phi) is 33.0. The van der Waals surface area contributed by atoms with Gasteiger partial charge in [0.15, 0.2) is 32.9 Å². The minimum Gasteiger partial charge on any atom is -0.390 e. The zero-order chi connectivity index (χ0) is 87.8. The highest BCUT2D eigenvalue weighted by Gasteiger charge is 2.70. The van der Waals surface area contributed by atoms with E-state index in [1.807, 2.05) is 50.2 Å². The third kappa shape index (κ3) is 21.2. The van der Waals surface area contributed by atoms with Crippen molar-refractivity contribution in [3.05, 3.63) is 204 Å². The average molecular weight is 1890 g/mol. The summed E-state index contributed by atoms with van der Waals surface area (Å²) < 4.78 is 17.1. The monoisotopic (exact) mass is 1880 g/mol. The van der Waals surface area contributed by atoms with Crippen LogP contribution in [0.4, 0.5) is 0 Å². The number of guanidine groups is 1. The molecule has 21 rings (SSSR count). The van der Waals surface area contributed by atoms with Crippen molar-refractivity contribution in [3.8, 4) is 0 Å². The van der Waals surface area contributed by atoms with Gasteiger partial charge in [0.05, 0.1) is 111 Å². The van der Waals surface area contributed by atoms with E-state index in [2.05, 4.69) is 131 Å². The molecule has 9 aliphatic carbocycles. The number of fused-ring (bicyclic) bond motifs is 9. The van der Waals surface area contributed by atoms with E-state index in [1.165, 1.54) is 138 Å². The van der Waals surface area contributed by atoms with Crippen molar-refractivity contribution in [1.82, 2.24) is 50.3 Å². The van der Waals surface area contributed by atoms with Gasteiger partial charge in [-0.05, 0) is 235 Å². The Morgan fingerprint density at radius 3 is 1.20 bits per heavy atom. The number of nitrogens with two attached hydrogens (primary N) is 2. The van der Waals surface area contributed by atoms with Crippen molar-refractivity contribution in [2.24, 2.45) is 55.5 Å². The predicted molar refractivity (Wildman–Crippen MR) is 513 cm³/mol. The molecule has 3 aromatic carbocycles. The number of halogens is 2. The van der Waals surface area contributed by atoms with Crippen LogP contribution in [0, 0.1) is 34.0 Å². The Hall–Kier alpha value is -6.39. The second-order valence-corrected chi connectivity index (χ2v) is 41.4. The molecule has 21 nitrogen and oxygen atoms in total. The van der Waals surface area contributed by atoms with E-state index in [0.29, 0.717) is 36.0 Å². The number of aromatic nitrogens is 6. The molecule has 3 aliphatic heterocycles. The smallest absolute Gasteiger partial charge is 0.262 e. The number of aliphatic hydroxyl groups is 1. The minimum atomic E-state index is -0.920. The summed E-state index contributed by atoms with van der Waals surface area (Å²) >= 11 is 26.1. The number of methoxy groups -OCH3 is 3. The Labute approximate surface area is 780 Å². The molecule has 9 heterocycles. The van der Waals surface area contributed by atoms with Gasteiger partial charge in [0.2, 0.25) is 0 Å². The van der Waals surface area contributed by atoms with Crippen LogP contribution >= 0.6 is 115 Å². The maximum absolute atomic E-state index is 14.9. The van der Waals surface area contributed by atoms with Crippen LogP contribution in [0.1, 0.15) is 233 Å². The lowest BCUT2D eigenvalue weighted by Crippen LogP contribution is -2.56. The van der Waals surface area contributed by atoms with Crippen LogP contribution in [-0.4, -0.2) is 131 Å².